The van der Waals surface area contributed by atoms with Gasteiger partial charge in [-0.15, -0.1) is 12.4 Å². The highest BCUT2D eigenvalue weighted by Crippen LogP contribution is 2.15. The average Bonchev–Trinajstić information content (AvgIpc) is 3.00. The predicted octanol–water partition coefficient (Wildman–Crippen LogP) is 3.01. The van der Waals surface area contributed by atoms with Crippen LogP contribution in [-0.4, -0.2) is 25.0 Å². The first kappa shape index (κ1) is 19.1. The second-order valence-electron chi connectivity index (χ2n) is 5.05. The molecular weight excluding hydrogens is 316 g/mol. The van der Waals surface area contributed by atoms with Gasteiger partial charge in [0.2, 0.25) is 0 Å². The number of carbonyl (C=O) groups excluding carboxylic acids is 1. The van der Waals surface area contributed by atoms with E-state index in [1.807, 2.05) is 44.2 Å². The van der Waals surface area contributed by atoms with Gasteiger partial charge in [-0.1, -0.05) is 25.1 Å². The molecule has 2 N–H and O–H groups in total. The summed E-state index contributed by atoms with van der Waals surface area (Å²) in [5, 5.41) is 6.09. The zero-order chi connectivity index (χ0) is 15.8. The van der Waals surface area contributed by atoms with Crippen molar-refractivity contribution in [3.8, 4) is 5.75 Å². The van der Waals surface area contributed by atoms with Crippen LogP contribution in [0.4, 0.5) is 0 Å². The van der Waals surface area contributed by atoms with Crippen LogP contribution < -0.4 is 15.4 Å². The summed E-state index contributed by atoms with van der Waals surface area (Å²) >= 11 is 0. The van der Waals surface area contributed by atoms with Crippen LogP contribution in [0.25, 0.3) is 0 Å². The molecule has 1 aromatic carbocycles. The molecule has 126 valence electrons. The molecule has 1 amide bonds. The number of carbonyl (C=O) groups is 1. The van der Waals surface area contributed by atoms with Gasteiger partial charge in [-0.25, -0.2) is 0 Å². The Balaban J connectivity index is 0.00000264. The maximum atomic E-state index is 12.2. The van der Waals surface area contributed by atoms with Crippen LogP contribution in [0.1, 0.15) is 30.0 Å². The average molecular weight is 339 g/mol. The summed E-state index contributed by atoms with van der Waals surface area (Å²) in [6, 6.07) is 11.4. The molecule has 1 aromatic heterocycles. The van der Waals surface area contributed by atoms with E-state index >= 15 is 0 Å². The summed E-state index contributed by atoms with van der Waals surface area (Å²) in [6.45, 7) is 5.77. The van der Waals surface area contributed by atoms with Crippen LogP contribution in [0.5, 0.6) is 5.75 Å². The number of halogens is 1. The minimum atomic E-state index is -0.221. The molecule has 1 atom stereocenters. The first-order chi connectivity index (χ1) is 10.7. The molecule has 0 fully saturated rings. The fraction of sp³-hybridized carbons (Fsp3) is 0.353. The number of likely N-dealkylation sites (N-methyl/N-ethyl adjacent to an activating group) is 1. The van der Waals surface area contributed by atoms with Crippen molar-refractivity contribution in [1.82, 2.24) is 10.6 Å². The number of ether oxygens (including phenoxy) is 1. The van der Waals surface area contributed by atoms with Gasteiger partial charge in [0.25, 0.3) is 5.91 Å². The summed E-state index contributed by atoms with van der Waals surface area (Å²) in [5.41, 5.74) is 0.734. The summed E-state index contributed by atoms with van der Waals surface area (Å²) in [4.78, 5) is 12.2. The molecule has 2 rings (SSSR count). The molecule has 6 heteroatoms. The van der Waals surface area contributed by atoms with Crippen molar-refractivity contribution < 1.29 is 13.9 Å². The number of hydrogen-bond acceptors (Lipinski definition) is 4. The monoisotopic (exact) mass is 338 g/mol. The van der Waals surface area contributed by atoms with Crippen molar-refractivity contribution in [3.05, 3.63) is 54.0 Å². The normalized spacial score (nSPS) is 11.4. The van der Waals surface area contributed by atoms with E-state index in [1.165, 1.54) is 6.26 Å². The fourth-order valence-electron chi connectivity index (χ4n) is 2.07. The maximum absolute atomic E-state index is 12.2. The van der Waals surface area contributed by atoms with Gasteiger partial charge in [0.15, 0.2) is 5.76 Å². The summed E-state index contributed by atoms with van der Waals surface area (Å²) in [7, 11) is 0. The molecule has 0 aliphatic carbocycles. The lowest BCUT2D eigenvalue weighted by Crippen LogP contribution is -2.38. The third-order valence-electron chi connectivity index (χ3n) is 3.21. The number of amides is 1. The topological polar surface area (TPSA) is 63.5 Å². The molecule has 0 aliphatic rings. The van der Waals surface area contributed by atoms with Gasteiger partial charge in [0.1, 0.15) is 12.4 Å². The van der Waals surface area contributed by atoms with Gasteiger partial charge in [-0.2, -0.15) is 0 Å². The van der Waals surface area contributed by atoms with Crippen LogP contribution in [-0.2, 0) is 6.61 Å². The lowest BCUT2D eigenvalue weighted by molar-refractivity contribution is 0.0919. The zero-order valence-electron chi connectivity index (χ0n) is 13.4. The second-order valence-corrected chi connectivity index (χ2v) is 5.05. The smallest absolute Gasteiger partial charge is 0.287 e. The van der Waals surface area contributed by atoms with E-state index in [0.29, 0.717) is 18.9 Å². The summed E-state index contributed by atoms with van der Waals surface area (Å²) in [5.74, 6) is 0.844. The van der Waals surface area contributed by atoms with Crippen molar-refractivity contribution in [3.63, 3.8) is 0 Å². The number of hydrogen-bond donors (Lipinski definition) is 2. The highest BCUT2D eigenvalue weighted by molar-refractivity contribution is 5.92. The maximum Gasteiger partial charge on any atom is 0.287 e. The molecule has 0 bridgehead atoms. The van der Waals surface area contributed by atoms with Gasteiger partial charge < -0.3 is 19.8 Å². The van der Waals surface area contributed by atoms with Gasteiger partial charge >= 0.3 is 0 Å². The standard InChI is InChI=1S/C17H22N2O3.ClH/c1-3-18-13(2)11-19-17(20)16-14(9-10-21-16)12-22-15-7-5-4-6-8-15;/h4-10,13,18H,3,11-12H2,1-2H3,(H,19,20);1H/t13-;/m1./s1. The van der Waals surface area contributed by atoms with E-state index in [2.05, 4.69) is 10.6 Å². The van der Waals surface area contributed by atoms with Crippen LogP contribution in [0.3, 0.4) is 0 Å². The number of benzene rings is 1. The van der Waals surface area contributed by atoms with Crippen molar-refractivity contribution in [2.24, 2.45) is 0 Å². The number of rotatable bonds is 8. The molecular formula is C17H23ClN2O3. The minimum Gasteiger partial charge on any atom is -0.489 e. The van der Waals surface area contributed by atoms with Gasteiger partial charge in [-0.3, -0.25) is 4.79 Å². The molecule has 23 heavy (non-hydrogen) atoms. The largest absolute Gasteiger partial charge is 0.489 e. The van der Waals surface area contributed by atoms with E-state index in [1.54, 1.807) is 6.07 Å². The summed E-state index contributed by atoms with van der Waals surface area (Å²) < 4.78 is 10.9. The van der Waals surface area contributed by atoms with Crippen LogP contribution in [0.2, 0.25) is 0 Å². The van der Waals surface area contributed by atoms with Gasteiger partial charge in [0.05, 0.1) is 6.26 Å². The highest BCUT2D eigenvalue weighted by atomic mass is 35.5. The third kappa shape index (κ3) is 5.96. The predicted molar refractivity (Wildman–Crippen MR) is 92.2 cm³/mol. The molecule has 1 heterocycles. The quantitative estimate of drug-likeness (QED) is 0.776. The highest BCUT2D eigenvalue weighted by Gasteiger charge is 2.16. The minimum absolute atomic E-state index is 0. The number of nitrogens with one attached hydrogen (secondary N) is 2. The number of para-hydroxylation sites is 1. The Morgan fingerprint density at radius 3 is 2.70 bits per heavy atom. The van der Waals surface area contributed by atoms with Crippen molar-refractivity contribution in [1.29, 1.82) is 0 Å². The van der Waals surface area contributed by atoms with Crippen LogP contribution >= 0.6 is 12.4 Å². The molecule has 5 nitrogen and oxygen atoms in total. The first-order valence-corrected chi connectivity index (χ1v) is 7.46. The van der Waals surface area contributed by atoms with Crippen molar-refractivity contribution in [2.45, 2.75) is 26.5 Å². The third-order valence-corrected chi connectivity index (χ3v) is 3.21. The molecule has 0 unspecified atom stereocenters. The van der Waals surface area contributed by atoms with Gasteiger partial charge in [-0.05, 0) is 31.7 Å². The Bertz CT molecular complexity index is 587. The lowest BCUT2D eigenvalue weighted by atomic mass is 10.2. The summed E-state index contributed by atoms with van der Waals surface area (Å²) in [6.07, 6.45) is 1.51. The Kier molecular flexibility index (Phi) is 8.22. The molecule has 0 aliphatic heterocycles. The van der Waals surface area contributed by atoms with Crippen molar-refractivity contribution in [2.75, 3.05) is 13.1 Å². The van der Waals surface area contributed by atoms with Gasteiger partial charge in [0, 0.05) is 18.2 Å². The van der Waals surface area contributed by atoms with E-state index in [-0.39, 0.29) is 24.4 Å². The molecule has 2 aromatic rings. The fourth-order valence-corrected chi connectivity index (χ4v) is 2.07. The molecule has 0 spiro atoms. The van der Waals surface area contributed by atoms with Crippen LogP contribution in [0.15, 0.2) is 47.1 Å². The second kappa shape index (κ2) is 9.92. The van der Waals surface area contributed by atoms with Crippen molar-refractivity contribution >= 4 is 18.3 Å². The van der Waals surface area contributed by atoms with E-state index in [0.717, 1.165) is 17.9 Å². The molecule has 0 saturated carbocycles. The molecule has 0 saturated heterocycles. The Hall–Kier alpha value is -1.98. The SMILES string of the molecule is CCN[C@H](C)CNC(=O)c1occc1COc1ccccc1.Cl. The number of furan rings is 1. The van der Waals surface area contributed by atoms with E-state index < -0.39 is 0 Å². The first-order valence-electron chi connectivity index (χ1n) is 7.46. The Morgan fingerprint density at radius 2 is 2.00 bits per heavy atom. The van der Waals surface area contributed by atoms with E-state index in [4.69, 9.17) is 9.15 Å². The molecule has 0 radical (unpaired) electrons. The zero-order valence-corrected chi connectivity index (χ0v) is 14.2. The lowest BCUT2D eigenvalue weighted by Gasteiger charge is -2.13. The van der Waals surface area contributed by atoms with Crippen LogP contribution in [0, 0.1) is 0 Å². The Labute approximate surface area is 142 Å². The Morgan fingerprint density at radius 1 is 1.26 bits per heavy atom. The van der Waals surface area contributed by atoms with E-state index in [9.17, 15) is 4.79 Å².